The zero-order valence-corrected chi connectivity index (χ0v) is 20.0. The Labute approximate surface area is 195 Å². The Morgan fingerprint density at radius 2 is 1.66 bits per heavy atom. The molecule has 2 amide bonds. The summed E-state index contributed by atoms with van der Waals surface area (Å²) in [6.07, 6.45) is 0. The number of halogens is 1. The van der Waals surface area contributed by atoms with E-state index >= 15 is 0 Å². The molecule has 2 aromatic carbocycles. The van der Waals surface area contributed by atoms with E-state index in [1.54, 1.807) is 30.3 Å². The Morgan fingerprint density at radius 1 is 1.00 bits per heavy atom. The number of carbonyl (C=O) groups excluding carboxylic acids is 2. The minimum atomic E-state index is -0.204. The van der Waals surface area contributed by atoms with Gasteiger partial charge in [-0.3, -0.25) is 9.59 Å². The van der Waals surface area contributed by atoms with Crippen molar-refractivity contribution < 1.29 is 14.3 Å². The Hall–Kier alpha value is -2.73. The molecule has 0 saturated carbocycles. The average Bonchev–Trinajstić information content (AvgIpc) is 2.77. The number of rotatable bonds is 7. The summed E-state index contributed by atoms with van der Waals surface area (Å²) >= 11 is 6.53. The molecule has 32 heavy (non-hydrogen) atoms. The van der Waals surface area contributed by atoms with E-state index in [1.165, 1.54) is 0 Å². The number of carbonyl (C=O) groups is 2. The number of piperazine rings is 1. The van der Waals surface area contributed by atoms with E-state index < -0.39 is 0 Å². The molecule has 0 radical (unpaired) electrons. The topological polar surface area (TPSA) is 61.9 Å². The van der Waals surface area contributed by atoms with Gasteiger partial charge in [0.15, 0.2) is 0 Å². The normalized spacial score (nSPS) is 14.1. The Balaban J connectivity index is 1.58. The van der Waals surface area contributed by atoms with E-state index in [1.807, 2.05) is 30.9 Å². The van der Waals surface area contributed by atoms with Crippen LogP contribution in [0.4, 0.5) is 11.4 Å². The first-order valence-electron chi connectivity index (χ1n) is 11.1. The van der Waals surface area contributed by atoms with Gasteiger partial charge in [0.25, 0.3) is 5.91 Å². The predicted molar refractivity (Wildman–Crippen MR) is 130 cm³/mol. The molecule has 0 bridgehead atoms. The first-order chi connectivity index (χ1) is 15.2. The SMILES string of the molecule is CC(C)COc1ccc(C(=O)Nc2ccc(N3CCN(C(=O)C(C)C)CC3)c(Cl)c2)cc1. The van der Waals surface area contributed by atoms with Crippen molar-refractivity contribution in [2.45, 2.75) is 27.7 Å². The van der Waals surface area contributed by atoms with Crippen molar-refractivity contribution >= 4 is 34.8 Å². The predicted octanol–water partition coefficient (Wildman–Crippen LogP) is 4.93. The highest BCUT2D eigenvalue weighted by Gasteiger charge is 2.24. The van der Waals surface area contributed by atoms with Gasteiger partial charge in [-0.05, 0) is 48.4 Å². The fourth-order valence-electron chi connectivity index (χ4n) is 3.54. The molecule has 172 valence electrons. The lowest BCUT2D eigenvalue weighted by Crippen LogP contribution is -2.50. The van der Waals surface area contributed by atoms with Crippen molar-refractivity contribution in [3.8, 4) is 5.75 Å². The largest absolute Gasteiger partial charge is 0.493 e. The fourth-order valence-corrected chi connectivity index (χ4v) is 3.84. The van der Waals surface area contributed by atoms with Gasteiger partial charge >= 0.3 is 0 Å². The maximum absolute atomic E-state index is 12.6. The van der Waals surface area contributed by atoms with E-state index in [0.29, 0.717) is 41.9 Å². The van der Waals surface area contributed by atoms with Gasteiger partial charge in [0.1, 0.15) is 5.75 Å². The van der Waals surface area contributed by atoms with Gasteiger partial charge in [-0.1, -0.05) is 39.3 Å². The van der Waals surface area contributed by atoms with E-state index in [-0.39, 0.29) is 17.7 Å². The molecule has 1 N–H and O–H groups in total. The number of benzene rings is 2. The van der Waals surface area contributed by atoms with Crippen LogP contribution in [0, 0.1) is 11.8 Å². The molecule has 0 unspecified atom stereocenters. The van der Waals surface area contributed by atoms with Crippen LogP contribution in [0.25, 0.3) is 0 Å². The van der Waals surface area contributed by atoms with Crippen LogP contribution in [0.15, 0.2) is 42.5 Å². The standard InChI is InChI=1S/C25H32ClN3O3/c1-17(2)16-32-21-8-5-19(6-9-21)24(30)27-20-7-10-23(22(26)15-20)28-11-13-29(14-12-28)25(31)18(3)4/h5-10,15,17-18H,11-14,16H2,1-4H3,(H,27,30). The summed E-state index contributed by atoms with van der Waals surface area (Å²) in [6.45, 7) is 11.5. The zero-order chi connectivity index (χ0) is 23.3. The number of ether oxygens (including phenoxy) is 1. The highest BCUT2D eigenvalue weighted by molar-refractivity contribution is 6.33. The van der Waals surface area contributed by atoms with E-state index in [0.717, 1.165) is 24.5 Å². The van der Waals surface area contributed by atoms with Gasteiger partial charge in [-0.2, -0.15) is 0 Å². The number of anilines is 2. The third-order valence-corrected chi connectivity index (χ3v) is 5.63. The number of amides is 2. The number of hydrogen-bond acceptors (Lipinski definition) is 4. The summed E-state index contributed by atoms with van der Waals surface area (Å²) in [4.78, 5) is 28.9. The van der Waals surface area contributed by atoms with Gasteiger partial charge in [0.2, 0.25) is 5.91 Å². The lowest BCUT2D eigenvalue weighted by Gasteiger charge is -2.37. The second-order valence-electron chi connectivity index (χ2n) is 8.82. The van der Waals surface area contributed by atoms with Crippen LogP contribution in [0.1, 0.15) is 38.1 Å². The number of hydrogen-bond donors (Lipinski definition) is 1. The Kier molecular flexibility index (Phi) is 8.02. The quantitative estimate of drug-likeness (QED) is 0.640. The van der Waals surface area contributed by atoms with Crippen molar-refractivity contribution in [1.82, 2.24) is 4.90 Å². The molecular formula is C25H32ClN3O3. The minimum absolute atomic E-state index is 0.0109. The summed E-state index contributed by atoms with van der Waals surface area (Å²) in [7, 11) is 0. The number of nitrogens with one attached hydrogen (secondary N) is 1. The van der Waals surface area contributed by atoms with Crippen LogP contribution < -0.4 is 15.0 Å². The van der Waals surface area contributed by atoms with Crippen LogP contribution in [0.2, 0.25) is 5.02 Å². The van der Waals surface area contributed by atoms with E-state index in [2.05, 4.69) is 24.1 Å². The van der Waals surface area contributed by atoms with Crippen LogP contribution in [0.5, 0.6) is 5.75 Å². The van der Waals surface area contributed by atoms with Crippen LogP contribution in [-0.4, -0.2) is 49.5 Å². The van der Waals surface area contributed by atoms with Gasteiger partial charge < -0.3 is 19.9 Å². The molecule has 2 aromatic rings. The Bertz CT molecular complexity index is 936. The van der Waals surface area contributed by atoms with E-state index in [4.69, 9.17) is 16.3 Å². The molecule has 0 aliphatic carbocycles. The highest BCUT2D eigenvalue weighted by atomic mass is 35.5. The summed E-state index contributed by atoms with van der Waals surface area (Å²) in [5.74, 6) is 1.19. The second-order valence-corrected chi connectivity index (χ2v) is 9.22. The Morgan fingerprint density at radius 3 is 2.22 bits per heavy atom. The molecule has 0 atom stereocenters. The molecule has 1 saturated heterocycles. The smallest absolute Gasteiger partial charge is 0.255 e. The monoisotopic (exact) mass is 457 g/mol. The summed E-state index contributed by atoms with van der Waals surface area (Å²) < 4.78 is 5.66. The molecule has 3 rings (SSSR count). The van der Waals surface area contributed by atoms with Crippen molar-refractivity contribution in [3.05, 3.63) is 53.1 Å². The van der Waals surface area contributed by atoms with Crippen molar-refractivity contribution in [2.24, 2.45) is 11.8 Å². The third kappa shape index (κ3) is 6.16. The average molecular weight is 458 g/mol. The summed E-state index contributed by atoms with van der Waals surface area (Å²) in [5.41, 5.74) is 2.10. The third-order valence-electron chi connectivity index (χ3n) is 5.33. The first-order valence-corrected chi connectivity index (χ1v) is 11.5. The first kappa shape index (κ1) is 23.9. The molecule has 1 heterocycles. The van der Waals surface area contributed by atoms with Gasteiger partial charge in [0, 0.05) is 43.3 Å². The maximum Gasteiger partial charge on any atom is 0.255 e. The molecule has 0 aromatic heterocycles. The lowest BCUT2D eigenvalue weighted by molar-refractivity contribution is -0.134. The van der Waals surface area contributed by atoms with Gasteiger partial charge in [0.05, 0.1) is 17.3 Å². The lowest BCUT2D eigenvalue weighted by atomic mass is 10.1. The molecule has 6 nitrogen and oxygen atoms in total. The molecule has 1 fully saturated rings. The van der Waals surface area contributed by atoms with Crippen molar-refractivity contribution in [3.63, 3.8) is 0 Å². The van der Waals surface area contributed by atoms with Crippen LogP contribution in [-0.2, 0) is 4.79 Å². The van der Waals surface area contributed by atoms with Gasteiger partial charge in [-0.25, -0.2) is 0 Å². The molecule has 1 aliphatic rings. The summed E-state index contributed by atoms with van der Waals surface area (Å²) in [6, 6.07) is 12.6. The van der Waals surface area contributed by atoms with Crippen molar-refractivity contribution in [2.75, 3.05) is 43.0 Å². The van der Waals surface area contributed by atoms with Crippen LogP contribution >= 0.6 is 11.6 Å². The summed E-state index contributed by atoms with van der Waals surface area (Å²) in [5, 5.41) is 3.47. The molecule has 0 spiro atoms. The molecular weight excluding hydrogens is 426 g/mol. The fraction of sp³-hybridized carbons (Fsp3) is 0.440. The second kappa shape index (κ2) is 10.7. The van der Waals surface area contributed by atoms with Crippen LogP contribution in [0.3, 0.4) is 0 Å². The van der Waals surface area contributed by atoms with E-state index in [9.17, 15) is 9.59 Å². The van der Waals surface area contributed by atoms with Gasteiger partial charge in [-0.15, -0.1) is 0 Å². The minimum Gasteiger partial charge on any atom is -0.493 e. The highest BCUT2D eigenvalue weighted by Crippen LogP contribution is 2.30. The molecule has 1 aliphatic heterocycles. The maximum atomic E-state index is 12.6. The zero-order valence-electron chi connectivity index (χ0n) is 19.2. The van der Waals surface area contributed by atoms with Crippen molar-refractivity contribution in [1.29, 1.82) is 0 Å². The number of nitrogens with zero attached hydrogens (tertiary/aromatic N) is 2. The molecule has 7 heteroatoms.